The molecule has 0 bridgehead atoms. The zero-order valence-electron chi connectivity index (χ0n) is 23.9. The molecular weight excluding hydrogens is 584 g/mol. The quantitative estimate of drug-likeness (QED) is 0.279. The van der Waals surface area contributed by atoms with Crippen molar-refractivity contribution in [2.45, 2.75) is 82.8 Å². The van der Waals surface area contributed by atoms with E-state index in [-0.39, 0.29) is 41.3 Å². The molecule has 4 fully saturated rings. The van der Waals surface area contributed by atoms with Gasteiger partial charge in [0, 0.05) is 36.1 Å². The Morgan fingerprint density at radius 1 is 1.16 bits per heavy atom. The van der Waals surface area contributed by atoms with E-state index in [1.54, 1.807) is 21.9 Å². The van der Waals surface area contributed by atoms with Crippen LogP contribution >= 0.6 is 11.6 Å². The first-order valence-electron chi connectivity index (χ1n) is 15.1. The molecule has 2 amide bonds. The van der Waals surface area contributed by atoms with E-state index in [1.807, 2.05) is 0 Å². The van der Waals surface area contributed by atoms with Crippen molar-refractivity contribution in [3.8, 4) is 5.75 Å². The van der Waals surface area contributed by atoms with E-state index in [1.165, 1.54) is 0 Å². The number of hydrogen-bond acceptors (Lipinski definition) is 7. The minimum absolute atomic E-state index is 0.0971. The Bertz CT molecular complexity index is 1350. The van der Waals surface area contributed by atoms with E-state index in [0.717, 1.165) is 30.7 Å². The number of carbonyl (C=O) groups is 3. The first-order chi connectivity index (χ1) is 20.5. The molecule has 5 aliphatic rings. The van der Waals surface area contributed by atoms with Gasteiger partial charge in [0.1, 0.15) is 24.2 Å². The number of nitrogens with two attached hydrogens (primary N) is 2. The maximum absolute atomic E-state index is 14.2. The van der Waals surface area contributed by atoms with Gasteiger partial charge in [-0.05, 0) is 68.1 Å². The van der Waals surface area contributed by atoms with Crippen LogP contribution in [0.2, 0.25) is 5.02 Å². The second-order valence-corrected chi connectivity index (χ2v) is 13.2. The molecule has 6 rings (SSSR count). The highest BCUT2D eigenvalue weighted by atomic mass is 35.5. The third-order valence-corrected chi connectivity index (χ3v) is 10.2. The molecule has 0 radical (unpaired) electrons. The molecule has 43 heavy (non-hydrogen) atoms. The van der Waals surface area contributed by atoms with Crippen LogP contribution in [0.5, 0.6) is 5.75 Å². The van der Waals surface area contributed by atoms with E-state index in [2.05, 4.69) is 0 Å². The number of benzene rings is 1. The standard InChI is InChI=1S/C30H38ClF2N5O5/c31-20-7-8-22(43-14-21(34)25(26(32)33)38(35)16-5-6-16)24-19(20)9-12-36(27(24)37-15-30(10-11-30)13-23(37)39)28(40)17-3-1-2-4-18(17)29(41)42/h7-8,16-18,26-27H,1-6,9-15,34-35H2,(H,41,42)/b25-21-. The van der Waals surface area contributed by atoms with Crippen molar-refractivity contribution >= 4 is 29.4 Å². The van der Waals surface area contributed by atoms with E-state index in [9.17, 15) is 28.3 Å². The van der Waals surface area contributed by atoms with Gasteiger partial charge in [-0.25, -0.2) is 14.6 Å². The van der Waals surface area contributed by atoms with Gasteiger partial charge in [0.15, 0.2) is 0 Å². The fourth-order valence-corrected chi connectivity index (χ4v) is 7.40. The van der Waals surface area contributed by atoms with Crippen LogP contribution in [0.25, 0.3) is 0 Å². The fourth-order valence-electron chi connectivity index (χ4n) is 7.14. The molecule has 5 N–H and O–H groups in total. The van der Waals surface area contributed by atoms with Crippen molar-refractivity contribution in [3.05, 3.63) is 39.7 Å². The predicted molar refractivity (Wildman–Crippen MR) is 152 cm³/mol. The number of alkyl halides is 2. The van der Waals surface area contributed by atoms with Crippen molar-refractivity contribution in [2.24, 2.45) is 28.8 Å². The van der Waals surface area contributed by atoms with Crippen LogP contribution in [0.4, 0.5) is 8.78 Å². The number of halogens is 3. The first-order valence-corrected chi connectivity index (χ1v) is 15.5. The topological polar surface area (TPSA) is 142 Å². The molecule has 0 aromatic heterocycles. The summed E-state index contributed by atoms with van der Waals surface area (Å²) in [5.74, 6) is 3.31. The van der Waals surface area contributed by atoms with Crippen LogP contribution in [0, 0.1) is 17.3 Å². The summed E-state index contributed by atoms with van der Waals surface area (Å²) in [6.45, 7) is 0.316. The molecule has 1 spiro atoms. The van der Waals surface area contributed by atoms with Crippen molar-refractivity contribution in [3.63, 3.8) is 0 Å². The third kappa shape index (κ3) is 5.63. The lowest BCUT2D eigenvalue weighted by Crippen LogP contribution is -2.52. The number of ether oxygens (including phenoxy) is 1. The number of hydrazine groups is 1. The summed E-state index contributed by atoms with van der Waals surface area (Å²) in [6.07, 6.45) is 2.56. The number of carboxylic acids is 1. The van der Waals surface area contributed by atoms with Gasteiger partial charge in [-0.1, -0.05) is 24.4 Å². The van der Waals surface area contributed by atoms with Crippen molar-refractivity contribution < 1.29 is 33.0 Å². The van der Waals surface area contributed by atoms with Crippen LogP contribution in [0.3, 0.4) is 0 Å². The maximum Gasteiger partial charge on any atom is 0.307 e. The highest BCUT2D eigenvalue weighted by Crippen LogP contribution is 2.56. The highest BCUT2D eigenvalue weighted by molar-refractivity contribution is 6.31. The SMILES string of the molecule is N/C(COc1ccc(Cl)c2c1C(N1CC3(CC3)CC1=O)N(C(=O)C1CCCCC1C(=O)O)CC2)=C(/C(F)F)N(N)C1CC1. The molecule has 3 aliphatic carbocycles. The van der Waals surface area contributed by atoms with Gasteiger partial charge < -0.3 is 30.4 Å². The second-order valence-electron chi connectivity index (χ2n) is 12.8. The number of amides is 2. The van der Waals surface area contributed by atoms with Gasteiger partial charge in [0.25, 0.3) is 6.43 Å². The Balaban J connectivity index is 1.38. The normalized spacial score (nSPS) is 26.8. The average molecular weight is 622 g/mol. The molecule has 2 aliphatic heterocycles. The molecule has 3 saturated carbocycles. The van der Waals surface area contributed by atoms with Crippen LogP contribution in [-0.4, -0.2) is 69.9 Å². The molecule has 1 saturated heterocycles. The maximum atomic E-state index is 14.2. The number of carboxylic acid groups (broad SMARTS) is 1. The monoisotopic (exact) mass is 621 g/mol. The lowest BCUT2D eigenvalue weighted by Gasteiger charge is -2.45. The Labute approximate surface area is 253 Å². The number of rotatable bonds is 9. The first kappa shape index (κ1) is 29.9. The minimum Gasteiger partial charge on any atom is -0.487 e. The Morgan fingerprint density at radius 3 is 2.47 bits per heavy atom. The summed E-state index contributed by atoms with van der Waals surface area (Å²) in [6, 6.07) is 3.06. The molecule has 234 valence electrons. The van der Waals surface area contributed by atoms with Gasteiger partial charge in [0.2, 0.25) is 11.8 Å². The Kier molecular flexibility index (Phi) is 7.95. The van der Waals surface area contributed by atoms with Gasteiger partial charge >= 0.3 is 5.97 Å². The van der Waals surface area contributed by atoms with Gasteiger partial charge in [-0.3, -0.25) is 14.4 Å². The van der Waals surface area contributed by atoms with E-state index in [4.69, 9.17) is 27.9 Å². The van der Waals surface area contributed by atoms with Crippen LogP contribution in [0.15, 0.2) is 23.5 Å². The lowest BCUT2D eigenvalue weighted by atomic mass is 9.78. The largest absolute Gasteiger partial charge is 0.487 e. The van der Waals surface area contributed by atoms with E-state index < -0.39 is 42.7 Å². The number of fused-ring (bicyclic) bond motifs is 1. The summed E-state index contributed by atoms with van der Waals surface area (Å²) in [5, 5.41) is 11.4. The van der Waals surface area contributed by atoms with Crippen LogP contribution in [0.1, 0.15) is 75.1 Å². The summed E-state index contributed by atoms with van der Waals surface area (Å²) < 4.78 is 34.0. The number of nitrogens with zero attached hydrogens (tertiary/aromatic N) is 3. The average Bonchev–Trinajstić information content (AvgIpc) is 3.91. The van der Waals surface area contributed by atoms with Crippen LogP contribution < -0.4 is 16.3 Å². The second kappa shape index (κ2) is 11.4. The Morgan fingerprint density at radius 2 is 1.86 bits per heavy atom. The summed E-state index contributed by atoms with van der Waals surface area (Å²) in [5.41, 5.74) is 6.51. The number of aliphatic carboxylic acids is 1. The predicted octanol–water partition coefficient (Wildman–Crippen LogP) is 3.78. The summed E-state index contributed by atoms with van der Waals surface area (Å²) >= 11 is 6.67. The number of allylic oxidation sites excluding steroid dienone is 1. The molecule has 1 aromatic rings. The molecule has 3 unspecified atom stereocenters. The fraction of sp³-hybridized carbons (Fsp3) is 0.633. The van der Waals surface area contributed by atoms with Crippen molar-refractivity contribution in [2.75, 3.05) is 19.7 Å². The van der Waals surface area contributed by atoms with Gasteiger partial charge in [-0.2, -0.15) is 0 Å². The summed E-state index contributed by atoms with van der Waals surface area (Å²) in [7, 11) is 0. The van der Waals surface area contributed by atoms with Gasteiger partial charge in [0.05, 0.1) is 17.5 Å². The van der Waals surface area contributed by atoms with Crippen LogP contribution in [-0.2, 0) is 20.8 Å². The smallest absolute Gasteiger partial charge is 0.307 e. The molecule has 1 aromatic carbocycles. The highest BCUT2D eigenvalue weighted by Gasteiger charge is 2.56. The zero-order valence-corrected chi connectivity index (χ0v) is 24.7. The summed E-state index contributed by atoms with van der Waals surface area (Å²) in [4.78, 5) is 43.2. The minimum atomic E-state index is -2.90. The molecule has 10 nitrogen and oxygen atoms in total. The van der Waals surface area contributed by atoms with E-state index in [0.29, 0.717) is 61.2 Å². The number of likely N-dealkylation sites (tertiary alicyclic amines) is 1. The molecular formula is C30H38ClF2N5O5. The van der Waals surface area contributed by atoms with Crippen molar-refractivity contribution in [1.29, 1.82) is 0 Å². The Hall–Kier alpha value is -3.12. The number of carbonyl (C=O) groups excluding carboxylic acids is 2. The molecule has 2 heterocycles. The zero-order chi connectivity index (χ0) is 30.6. The lowest BCUT2D eigenvalue weighted by molar-refractivity contribution is -0.157. The van der Waals surface area contributed by atoms with E-state index >= 15 is 0 Å². The third-order valence-electron chi connectivity index (χ3n) is 9.84. The molecule has 3 atom stereocenters. The van der Waals surface area contributed by atoms with Gasteiger partial charge in [-0.15, -0.1) is 0 Å². The molecule has 13 heteroatoms. The number of hydrogen-bond donors (Lipinski definition) is 3. The van der Waals surface area contributed by atoms with Crippen molar-refractivity contribution in [1.82, 2.24) is 14.8 Å².